The normalized spacial score (nSPS) is 13.7. The second kappa shape index (κ2) is 19.2. The molecule has 1 unspecified atom stereocenters. The van der Waals surface area contributed by atoms with Gasteiger partial charge >= 0.3 is 0 Å². The zero-order chi connectivity index (χ0) is 21.0. The van der Waals surface area contributed by atoms with Crippen LogP contribution in [0.25, 0.3) is 0 Å². The third-order valence-electron chi connectivity index (χ3n) is 4.17. The third kappa shape index (κ3) is 20.5. The molecule has 0 saturated heterocycles. The molecule has 0 fully saturated rings. The lowest BCUT2D eigenvalue weighted by Gasteiger charge is -2.30. The number of nitrogens with zero attached hydrogens (tertiary/aromatic N) is 1. The van der Waals surface area contributed by atoms with Gasteiger partial charge in [0.15, 0.2) is 0 Å². The van der Waals surface area contributed by atoms with Crippen molar-refractivity contribution in [2.75, 3.05) is 93.8 Å². The number of phosphoric acid groups is 1. The molecule has 0 rings (SSSR count). The maximum Gasteiger partial charge on any atom is 0.267 e. The van der Waals surface area contributed by atoms with Gasteiger partial charge in [-0.15, -0.1) is 0 Å². The van der Waals surface area contributed by atoms with Crippen molar-refractivity contribution in [3.8, 4) is 0 Å². The Hall–Kier alpha value is -0.0900. The Kier molecular flexibility index (Phi) is 20.7. The van der Waals surface area contributed by atoms with Crippen molar-refractivity contribution >= 4 is 7.82 Å². The SMILES string of the molecule is CC[N+](C)(CC)CC.COCCOCCOCCOCCOP(=O)([O-])OC. The number of methoxy groups -OCH3 is 1. The van der Waals surface area contributed by atoms with Gasteiger partial charge in [-0.05, 0) is 20.8 Å². The van der Waals surface area contributed by atoms with Crippen molar-refractivity contribution in [3.63, 3.8) is 0 Å². The number of phosphoric ester groups is 1. The second-order valence-electron chi connectivity index (χ2n) is 5.86. The Balaban J connectivity index is 0. The van der Waals surface area contributed by atoms with Gasteiger partial charge in [0.2, 0.25) is 0 Å². The van der Waals surface area contributed by atoms with Gasteiger partial charge in [0, 0.05) is 14.2 Å². The highest BCUT2D eigenvalue weighted by Crippen LogP contribution is 2.36. The van der Waals surface area contributed by atoms with E-state index in [-0.39, 0.29) is 13.2 Å². The summed E-state index contributed by atoms with van der Waals surface area (Å²) in [7, 11) is 0.800. The quantitative estimate of drug-likeness (QED) is 0.199. The minimum absolute atomic E-state index is 0.0747. The molecule has 0 aromatic rings. The van der Waals surface area contributed by atoms with Gasteiger partial charge in [-0.2, -0.15) is 0 Å². The molecule has 0 heterocycles. The predicted octanol–water partition coefficient (Wildman–Crippen LogP) is 1.31. The molecule has 0 N–H and O–H groups in total. The highest BCUT2D eigenvalue weighted by molar-refractivity contribution is 7.45. The summed E-state index contributed by atoms with van der Waals surface area (Å²) < 4.78 is 40.8. The van der Waals surface area contributed by atoms with Crippen LogP contribution in [0.5, 0.6) is 0 Å². The molecule has 0 radical (unpaired) electrons. The second-order valence-corrected chi connectivity index (χ2v) is 7.38. The average Bonchev–Trinajstić information content (AvgIpc) is 2.68. The molecular weight excluding hydrogens is 377 g/mol. The fourth-order valence-electron chi connectivity index (χ4n) is 1.62. The van der Waals surface area contributed by atoms with Crippen molar-refractivity contribution in [1.29, 1.82) is 0 Å². The molecule has 0 aliphatic rings. The summed E-state index contributed by atoms with van der Waals surface area (Å²) in [5, 5.41) is 0. The first-order valence-electron chi connectivity index (χ1n) is 9.37. The molecule has 0 bridgehead atoms. The van der Waals surface area contributed by atoms with Crippen LogP contribution >= 0.6 is 7.82 Å². The molecule has 0 saturated carbocycles. The first kappa shape index (κ1) is 29.1. The maximum atomic E-state index is 10.8. The lowest BCUT2D eigenvalue weighted by atomic mass is 10.4. The van der Waals surface area contributed by atoms with Crippen LogP contribution in [-0.4, -0.2) is 98.2 Å². The van der Waals surface area contributed by atoms with Crippen LogP contribution in [0.3, 0.4) is 0 Å². The molecule has 0 aromatic carbocycles. The number of hydrogen-bond donors (Lipinski definition) is 0. The number of hydrogen-bond acceptors (Lipinski definition) is 8. The standard InChI is InChI=1S/C10H23O8P.C7H18N/c1-13-3-4-15-5-6-16-7-8-17-9-10-18-19(11,12)14-2;1-5-8(4,6-2)7-3/h3-10H2,1-2H3,(H,11,12);5-7H2,1-4H3/q;+1/p-1. The summed E-state index contributed by atoms with van der Waals surface area (Å²) in [6.07, 6.45) is 0. The van der Waals surface area contributed by atoms with E-state index in [4.69, 9.17) is 18.9 Å². The van der Waals surface area contributed by atoms with Gasteiger partial charge in [-0.1, -0.05) is 0 Å². The molecule has 0 aromatic heterocycles. The summed E-state index contributed by atoms with van der Waals surface area (Å²) in [6.45, 7) is 13.4. The molecule has 9 nitrogen and oxygen atoms in total. The molecule has 166 valence electrons. The van der Waals surface area contributed by atoms with Crippen LogP contribution in [0.15, 0.2) is 0 Å². The lowest BCUT2D eigenvalue weighted by molar-refractivity contribution is -0.904. The van der Waals surface area contributed by atoms with Crippen molar-refractivity contribution in [2.24, 2.45) is 0 Å². The molecule has 1 atom stereocenters. The lowest BCUT2D eigenvalue weighted by Crippen LogP contribution is -2.42. The number of quaternary nitrogens is 1. The van der Waals surface area contributed by atoms with Crippen LogP contribution in [0.2, 0.25) is 0 Å². The smallest absolute Gasteiger partial charge is 0.267 e. The van der Waals surface area contributed by atoms with Crippen LogP contribution in [0, 0.1) is 0 Å². The van der Waals surface area contributed by atoms with E-state index in [1.807, 2.05) is 0 Å². The monoisotopic (exact) mass is 417 g/mol. The van der Waals surface area contributed by atoms with Crippen molar-refractivity contribution in [1.82, 2.24) is 0 Å². The highest BCUT2D eigenvalue weighted by atomic mass is 31.2. The molecule has 27 heavy (non-hydrogen) atoms. The van der Waals surface area contributed by atoms with Crippen molar-refractivity contribution in [2.45, 2.75) is 20.8 Å². The fraction of sp³-hybridized carbons (Fsp3) is 1.00. The summed E-state index contributed by atoms with van der Waals surface area (Å²) in [5.74, 6) is 0. The Labute approximate surface area is 165 Å². The largest absolute Gasteiger partial charge is 0.756 e. The van der Waals surface area contributed by atoms with E-state index in [0.29, 0.717) is 39.6 Å². The van der Waals surface area contributed by atoms with Gasteiger partial charge in [0.05, 0.1) is 79.5 Å². The van der Waals surface area contributed by atoms with Crippen LogP contribution in [-0.2, 0) is 32.6 Å². The Morgan fingerprint density at radius 3 is 1.41 bits per heavy atom. The zero-order valence-electron chi connectivity index (χ0n) is 17.9. The van der Waals surface area contributed by atoms with E-state index < -0.39 is 7.82 Å². The minimum atomic E-state index is -4.14. The summed E-state index contributed by atoms with van der Waals surface area (Å²) in [5.41, 5.74) is 0. The molecule has 0 aliphatic heterocycles. The maximum absolute atomic E-state index is 10.8. The van der Waals surface area contributed by atoms with Crippen molar-refractivity contribution < 1.29 is 41.9 Å². The molecular formula is C17H40NO8P. The van der Waals surface area contributed by atoms with Gasteiger partial charge in [-0.25, -0.2) is 0 Å². The number of ether oxygens (including phenoxy) is 4. The Morgan fingerprint density at radius 1 is 0.741 bits per heavy atom. The molecule has 0 aliphatic carbocycles. The van der Waals surface area contributed by atoms with Crippen LogP contribution in [0.1, 0.15) is 20.8 Å². The van der Waals surface area contributed by atoms with E-state index in [2.05, 4.69) is 36.9 Å². The Bertz CT molecular complexity index is 348. The number of rotatable bonds is 17. The first-order valence-corrected chi connectivity index (χ1v) is 10.8. The van der Waals surface area contributed by atoms with Crippen LogP contribution in [0.4, 0.5) is 0 Å². The van der Waals surface area contributed by atoms with E-state index in [9.17, 15) is 9.46 Å². The topological polar surface area (TPSA) is 95.5 Å². The fourth-order valence-corrected chi connectivity index (χ4v) is 2.02. The highest BCUT2D eigenvalue weighted by Gasteiger charge is 2.10. The summed E-state index contributed by atoms with van der Waals surface area (Å²) >= 11 is 0. The van der Waals surface area contributed by atoms with Gasteiger partial charge < -0.3 is 37.4 Å². The van der Waals surface area contributed by atoms with E-state index >= 15 is 0 Å². The average molecular weight is 417 g/mol. The zero-order valence-corrected chi connectivity index (χ0v) is 18.8. The van der Waals surface area contributed by atoms with E-state index in [1.54, 1.807) is 7.11 Å². The van der Waals surface area contributed by atoms with Gasteiger partial charge in [0.25, 0.3) is 7.82 Å². The minimum Gasteiger partial charge on any atom is -0.756 e. The predicted molar refractivity (Wildman–Crippen MR) is 103 cm³/mol. The Morgan fingerprint density at radius 2 is 1.11 bits per heavy atom. The van der Waals surface area contributed by atoms with E-state index in [0.717, 1.165) is 7.11 Å². The molecule has 0 amide bonds. The van der Waals surface area contributed by atoms with Crippen molar-refractivity contribution in [3.05, 3.63) is 0 Å². The van der Waals surface area contributed by atoms with E-state index in [1.165, 1.54) is 24.1 Å². The first-order chi connectivity index (χ1) is 12.8. The summed E-state index contributed by atoms with van der Waals surface area (Å²) in [4.78, 5) is 10.8. The summed E-state index contributed by atoms with van der Waals surface area (Å²) in [6, 6.07) is 0. The molecule has 10 heteroatoms. The van der Waals surface area contributed by atoms with Crippen LogP contribution < -0.4 is 4.89 Å². The molecule has 0 spiro atoms. The van der Waals surface area contributed by atoms with Gasteiger partial charge in [0.1, 0.15) is 0 Å². The third-order valence-corrected chi connectivity index (χ3v) is 5.11. The van der Waals surface area contributed by atoms with Gasteiger partial charge in [-0.3, -0.25) is 4.57 Å².